The Morgan fingerprint density at radius 3 is 2.70 bits per heavy atom. The van der Waals surface area contributed by atoms with Gasteiger partial charge in [-0.1, -0.05) is 6.07 Å². The molecule has 2 aromatic carbocycles. The van der Waals surface area contributed by atoms with Crippen molar-refractivity contribution in [3.63, 3.8) is 0 Å². The molecule has 0 aliphatic rings. The molecule has 9 nitrogen and oxygen atoms in total. The van der Waals surface area contributed by atoms with Crippen LogP contribution in [0, 0.1) is 0 Å². The van der Waals surface area contributed by atoms with Gasteiger partial charge in [0, 0.05) is 17.0 Å². The van der Waals surface area contributed by atoms with E-state index in [1.807, 2.05) is 0 Å². The Morgan fingerprint density at radius 2 is 1.93 bits per heavy atom. The lowest BCUT2D eigenvalue weighted by molar-refractivity contribution is 0.403. The number of hydrogen-bond acceptors (Lipinski definition) is 6. The van der Waals surface area contributed by atoms with Crippen LogP contribution >= 0.6 is 0 Å². The number of ether oxygens (including phenoxy) is 1. The molecule has 0 aliphatic carbocycles. The van der Waals surface area contributed by atoms with Crippen molar-refractivity contribution in [3.05, 3.63) is 62.8 Å². The summed E-state index contributed by atoms with van der Waals surface area (Å²) in [5, 5.41) is 23.8. The maximum Gasteiger partial charge on any atom is 0.350 e. The van der Waals surface area contributed by atoms with Gasteiger partial charge in [0.25, 0.3) is 0 Å². The zero-order chi connectivity index (χ0) is 19.1. The van der Waals surface area contributed by atoms with E-state index in [9.17, 15) is 19.8 Å². The summed E-state index contributed by atoms with van der Waals surface area (Å²) in [7, 11) is 1.53. The molecule has 0 saturated carbocycles. The van der Waals surface area contributed by atoms with Crippen LogP contribution in [0.25, 0.3) is 21.9 Å². The average Bonchev–Trinajstić information content (AvgIpc) is 3.02. The maximum absolute atomic E-state index is 12.7. The van der Waals surface area contributed by atoms with E-state index in [1.165, 1.54) is 25.3 Å². The summed E-state index contributed by atoms with van der Waals surface area (Å²) in [6.45, 7) is 0. The van der Waals surface area contributed by atoms with Crippen LogP contribution in [-0.2, 0) is 0 Å². The highest BCUT2D eigenvalue weighted by Crippen LogP contribution is 2.27. The molecular formula is C18H14N4O5. The van der Waals surface area contributed by atoms with Crippen LogP contribution in [0.3, 0.4) is 0 Å². The minimum atomic E-state index is -0.736. The number of phenols is 2. The molecule has 0 amide bonds. The Labute approximate surface area is 150 Å². The Hall–Kier alpha value is -4.01. The molecule has 0 atom stereocenters. The molecule has 4 rings (SSSR count). The normalized spacial score (nSPS) is 11.6. The lowest BCUT2D eigenvalue weighted by Gasteiger charge is -2.01. The fraction of sp³-hybridized carbons (Fsp3) is 0.0556. The third kappa shape index (κ3) is 2.61. The summed E-state index contributed by atoms with van der Waals surface area (Å²) in [5.41, 5.74) is -0.0587. The molecule has 0 fully saturated rings. The topological polar surface area (TPSA) is 133 Å². The number of nitrogens with zero attached hydrogens (tertiary/aromatic N) is 2. The standard InChI is InChI=1S/C18H14N4O5/c1-27-10-5-6-11-12(7-10)20-15-14(11)21-18(26)22(17(15)25)19-8-9-3-2-4-13(23)16(9)24/h2-8,20,23-24H,1H3,(H,21,26)/b19-8+. The number of para-hydroxylation sites is 1. The predicted molar refractivity (Wildman–Crippen MR) is 100 cm³/mol. The molecular weight excluding hydrogens is 352 g/mol. The molecule has 0 radical (unpaired) electrons. The van der Waals surface area contributed by atoms with Gasteiger partial charge in [-0.3, -0.25) is 4.79 Å². The first-order valence-corrected chi connectivity index (χ1v) is 7.89. The van der Waals surface area contributed by atoms with Crippen LogP contribution in [0.15, 0.2) is 51.1 Å². The summed E-state index contributed by atoms with van der Waals surface area (Å²) in [6.07, 6.45) is 1.11. The van der Waals surface area contributed by atoms with E-state index in [1.54, 1.807) is 18.2 Å². The molecule has 0 unspecified atom stereocenters. The summed E-state index contributed by atoms with van der Waals surface area (Å²) < 4.78 is 5.80. The Balaban J connectivity index is 1.90. The van der Waals surface area contributed by atoms with Crippen LogP contribution in [-0.4, -0.2) is 38.2 Å². The van der Waals surface area contributed by atoms with E-state index < -0.39 is 17.0 Å². The SMILES string of the molecule is COc1ccc2c(c1)[nH]c1c(=O)n(/N=C/c3cccc(O)c3O)c(=O)[nH]c12. The van der Waals surface area contributed by atoms with E-state index in [4.69, 9.17) is 4.74 Å². The Morgan fingerprint density at radius 1 is 1.11 bits per heavy atom. The first-order chi connectivity index (χ1) is 13.0. The number of fused-ring (bicyclic) bond motifs is 3. The van der Waals surface area contributed by atoms with Crippen molar-refractivity contribution >= 4 is 28.2 Å². The highest BCUT2D eigenvalue weighted by molar-refractivity contribution is 6.04. The van der Waals surface area contributed by atoms with Gasteiger partial charge < -0.3 is 24.9 Å². The van der Waals surface area contributed by atoms with Crippen molar-refractivity contribution in [2.24, 2.45) is 5.10 Å². The summed E-state index contributed by atoms with van der Waals surface area (Å²) in [5.74, 6) is -0.126. The smallest absolute Gasteiger partial charge is 0.350 e. The van der Waals surface area contributed by atoms with E-state index >= 15 is 0 Å². The van der Waals surface area contributed by atoms with Crippen molar-refractivity contribution in [2.45, 2.75) is 0 Å². The monoisotopic (exact) mass is 366 g/mol. The van der Waals surface area contributed by atoms with Crippen molar-refractivity contribution in [3.8, 4) is 17.2 Å². The van der Waals surface area contributed by atoms with Crippen molar-refractivity contribution < 1.29 is 14.9 Å². The second-order valence-corrected chi connectivity index (χ2v) is 5.79. The molecule has 136 valence electrons. The number of phenolic OH excluding ortho intramolecular Hbond substituents is 2. The van der Waals surface area contributed by atoms with E-state index in [0.29, 0.717) is 26.8 Å². The number of aromatic hydroxyl groups is 2. The number of benzene rings is 2. The number of rotatable bonds is 3. The van der Waals surface area contributed by atoms with Gasteiger partial charge in [0.05, 0.1) is 24.4 Å². The molecule has 9 heteroatoms. The lowest BCUT2D eigenvalue weighted by Crippen LogP contribution is -2.32. The number of H-pyrrole nitrogens is 2. The molecule has 4 N–H and O–H groups in total. The zero-order valence-corrected chi connectivity index (χ0v) is 14.1. The fourth-order valence-electron chi connectivity index (χ4n) is 2.83. The third-order valence-electron chi connectivity index (χ3n) is 4.19. The second-order valence-electron chi connectivity index (χ2n) is 5.79. The van der Waals surface area contributed by atoms with E-state index in [0.717, 1.165) is 6.21 Å². The molecule has 2 aromatic heterocycles. The third-order valence-corrected chi connectivity index (χ3v) is 4.19. The molecule has 0 saturated heterocycles. The Bertz CT molecular complexity index is 1330. The Kier molecular flexibility index (Phi) is 3.69. The zero-order valence-electron chi connectivity index (χ0n) is 14.1. The van der Waals surface area contributed by atoms with Crippen LogP contribution in [0.1, 0.15) is 5.56 Å². The van der Waals surface area contributed by atoms with Crippen molar-refractivity contribution in [1.82, 2.24) is 14.6 Å². The van der Waals surface area contributed by atoms with Crippen molar-refractivity contribution in [1.29, 1.82) is 0 Å². The summed E-state index contributed by atoms with van der Waals surface area (Å²) in [6, 6.07) is 9.45. The van der Waals surface area contributed by atoms with Gasteiger partial charge in [-0.15, -0.1) is 4.68 Å². The summed E-state index contributed by atoms with van der Waals surface area (Å²) >= 11 is 0. The molecule has 0 aliphatic heterocycles. The second kappa shape index (κ2) is 6.06. The van der Waals surface area contributed by atoms with Crippen LogP contribution < -0.4 is 16.0 Å². The lowest BCUT2D eigenvalue weighted by atomic mass is 10.2. The van der Waals surface area contributed by atoms with Crippen molar-refractivity contribution in [2.75, 3.05) is 7.11 Å². The molecule has 0 bridgehead atoms. The molecule has 27 heavy (non-hydrogen) atoms. The first-order valence-electron chi connectivity index (χ1n) is 7.89. The van der Waals surface area contributed by atoms with Crippen LogP contribution in [0.2, 0.25) is 0 Å². The largest absolute Gasteiger partial charge is 0.504 e. The van der Waals surface area contributed by atoms with Gasteiger partial charge in [0.15, 0.2) is 11.5 Å². The number of hydrogen-bond donors (Lipinski definition) is 4. The van der Waals surface area contributed by atoms with E-state index in [-0.39, 0.29) is 16.8 Å². The van der Waals surface area contributed by atoms with E-state index in [2.05, 4.69) is 15.1 Å². The minimum Gasteiger partial charge on any atom is -0.504 e. The van der Waals surface area contributed by atoms with Gasteiger partial charge >= 0.3 is 11.2 Å². The van der Waals surface area contributed by atoms with Gasteiger partial charge in [0.2, 0.25) is 0 Å². The van der Waals surface area contributed by atoms with Gasteiger partial charge in [-0.2, -0.15) is 5.10 Å². The van der Waals surface area contributed by atoms with Gasteiger partial charge in [-0.25, -0.2) is 4.79 Å². The quantitative estimate of drug-likeness (QED) is 0.322. The number of methoxy groups -OCH3 is 1. The van der Waals surface area contributed by atoms with Gasteiger partial charge in [-0.05, 0) is 24.3 Å². The highest BCUT2D eigenvalue weighted by Gasteiger charge is 2.13. The molecule has 2 heterocycles. The fourth-order valence-corrected chi connectivity index (χ4v) is 2.83. The summed E-state index contributed by atoms with van der Waals surface area (Å²) in [4.78, 5) is 30.6. The number of aromatic amines is 2. The average molecular weight is 366 g/mol. The van der Waals surface area contributed by atoms with Gasteiger partial charge in [0.1, 0.15) is 11.3 Å². The predicted octanol–water partition coefficient (Wildman–Crippen LogP) is 1.47. The minimum absolute atomic E-state index is 0.155. The maximum atomic E-state index is 12.7. The number of aromatic nitrogens is 3. The number of nitrogens with one attached hydrogen (secondary N) is 2. The van der Waals surface area contributed by atoms with Crippen LogP contribution in [0.5, 0.6) is 17.2 Å². The molecule has 0 spiro atoms. The highest BCUT2D eigenvalue weighted by atomic mass is 16.5. The first kappa shape index (κ1) is 16.5. The molecule has 4 aromatic rings. The van der Waals surface area contributed by atoms with Crippen LogP contribution in [0.4, 0.5) is 0 Å².